The predicted octanol–water partition coefficient (Wildman–Crippen LogP) is 4.61. The van der Waals surface area contributed by atoms with E-state index in [1.54, 1.807) is 25.1 Å². The van der Waals surface area contributed by atoms with Gasteiger partial charge in [-0.25, -0.2) is 9.97 Å². The lowest BCUT2D eigenvalue weighted by Crippen LogP contribution is -2.44. The largest absolute Gasteiger partial charge is 0.477 e. The number of pyridine rings is 1. The van der Waals surface area contributed by atoms with Crippen LogP contribution < -0.4 is 15.0 Å². The third-order valence-electron chi connectivity index (χ3n) is 5.52. The second kappa shape index (κ2) is 8.70. The first kappa shape index (κ1) is 22.3. The molecule has 4 heterocycles. The van der Waals surface area contributed by atoms with Crippen molar-refractivity contribution in [1.29, 1.82) is 5.26 Å². The molecule has 5 rings (SSSR count). The average molecular weight is 485 g/mol. The van der Waals surface area contributed by atoms with E-state index < -0.39 is 11.7 Å². The maximum atomic E-state index is 14.3. The van der Waals surface area contributed by atoms with Gasteiger partial charge in [0.15, 0.2) is 0 Å². The van der Waals surface area contributed by atoms with E-state index in [-0.39, 0.29) is 27.3 Å². The van der Waals surface area contributed by atoms with Crippen LogP contribution in [0, 0.1) is 11.3 Å². The molecule has 0 amide bonds. The van der Waals surface area contributed by atoms with Crippen LogP contribution in [-0.4, -0.2) is 47.7 Å². The van der Waals surface area contributed by atoms with Gasteiger partial charge in [0.1, 0.15) is 15.0 Å². The molecule has 174 valence electrons. The van der Waals surface area contributed by atoms with E-state index in [2.05, 4.69) is 20.3 Å². The summed E-state index contributed by atoms with van der Waals surface area (Å²) in [6.45, 7) is 4.86. The summed E-state index contributed by atoms with van der Waals surface area (Å²) in [7, 11) is 0. The summed E-state index contributed by atoms with van der Waals surface area (Å²) in [5.74, 6) is 0.598. The molecule has 3 aromatic heterocycles. The SMILES string of the molecule is CCOc1nc(N2CCNCC2)nc2c1sc1nc(-c3cccc(C#N)c3)cc(C(F)(F)F)c12. The number of piperazine rings is 1. The third kappa shape index (κ3) is 3.99. The van der Waals surface area contributed by atoms with E-state index in [4.69, 9.17) is 4.74 Å². The molecule has 0 aliphatic carbocycles. The van der Waals surface area contributed by atoms with Gasteiger partial charge in [0.05, 0.1) is 34.9 Å². The van der Waals surface area contributed by atoms with Crippen LogP contribution in [-0.2, 0) is 6.18 Å². The Balaban J connectivity index is 1.79. The Kier molecular flexibility index (Phi) is 5.71. The van der Waals surface area contributed by atoms with Crippen LogP contribution >= 0.6 is 11.3 Å². The van der Waals surface area contributed by atoms with Crippen molar-refractivity contribution >= 4 is 37.7 Å². The molecule has 1 aliphatic rings. The van der Waals surface area contributed by atoms with E-state index in [0.29, 0.717) is 41.5 Å². The zero-order chi connectivity index (χ0) is 23.9. The van der Waals surface area contributed by atoms with Crippen molar-refractivity contribution < 1.29 is 17.9 Å². The van der Waals surface area contributed by atoms with Crippen molar-refractivity contribution in [3.8, 4) is 23.2 Å². The number of nitrogens with zero attached hydrogens (tertiary/aromatic N) is 5. The minimum absolute atomic E-state index is 0.0626. The number of nitriles is 1. The van der Waals surface area contributed by atoms with Crippen LogP contribution in [0.3, 0.4) is 0 Å². The fourth-order valence-electron chi connectivity index (χ4n) is 3.96. The Morgan fingerprint density at radius 3 is 2.68 bits per heavy atom. The van der Waals surface area contributed by atoms with E-state index in [0.717, 1.165) is 30.5 Å². The number of nitrogens with one attached hydrogen (secondary N) is 1. The molecule has 34 heavy (non-hydrogen) atoms. The van der Waals surface area contributed by atoms with Crippen LogP contribution in [0.2, 0.25) is 0 Å². The van der Waals surface area contributed by atoms with Crippen molar-refractivity contribution in [2.75, 3.05) is 37.7 Å². The normalized spacial score (nSPS) is 14.5. The lowest BCUT2D eigenvalue weighted by molar-refractivity contribution is -0.136. The summed E-state index contributed by atoms with van der Waals surface area (Å²) >= 11 is 1.08. The standard InChI is InChI=1S/C23H19F3N6OS/c1-2-33-20-19-18(30-22(31-20)32-8-6-28-7-9-32)17-15(23(24,25)26)11-16(29-21(17)34-19)14-5-3-4-13(10-14)12-27/h3-5,10-11,28H,2,6-9H2,1H3. The van der Waals surface area contributed by atoms with Gasteiger partial charge in [-0.2, -0.15) is 23.4 Å². The summed E-state index contributed by atoms with van der Waals surface area (Å²) in [5.41, 5.74) is 0.269. The molecule has 1 fully saturated rings. The molecule has 1 saturated heterocycles. The zero-order valence-electron chi connectivity index (χ0n) is 18.1. The van der Waals surface area contributed by atoms with Crippen LogP contribution in [0.5, 0.6) is 5.88 Å². The molecule has 1 N–H and O–H groups in total. The monoisotopic (exact) mass is 484 g/mol. The number of hydrogen-bond acceptors (Lipinski definition) is 8. The molecule has 7 nitrogen and oxygen atoms in total. The number of fused-ring (bicyclic) bond motifs is 3. The number of aromatic nitrogens is 3. The van der Waals surface area contributed by atoms with Gasteiger partial charge < -0.3 is 15.0 Å². The van der Waals surface area contributed by atoms with Crippen molar-refractivity contribution in [2.45, 2.75) is 13.1 Å². The van der Waals surface area contributed by atoms with Gasteiger partial charge in [0.2, 0.25) is 11.8 Å². The Hall–Kier alpha value is -3.49. The molecule has 0 radical (unpaired) electrons. The summed E-state index contributed by atoms with van der Waals surface area (Å²) < 4.78 is 49.0. The maximum absolute atomic E-state index is 14.3. The molecule has 1 aliphatic heterocycles. The van der Waals surface area contributed by atoms with E-state index in [9.17, 15) is 18.4 Å². The molecule has 0 unspecified atom stereocenters. The molecule has 11 heteroatoms. The highest BCUT2D eigenvalue weighted by Crippen LogP contribution is 2.45. The number of ether oxygens (including phenoxy) is 1. The fraction of sp³-hybridized carbons (Fsp3) is 0.304. The molecule has 0 atom stereocenters. The highest BCUT2D eigenvalue weighted by atomic mass is 32.1. The van der Waals surface area contributed by atoms with Crippen molar-refractivity contribution in [1.82, 2.24) is 20.3 Å². The fourth-order valence-corrected chi connectivity index (χ4v) is 5.04. The molecule has 0 saturated carbocycles. The maximum Gasteiger partial charge on any atom is 0.417 e. The molecule has 0 bridgehead atoms. The summed E-state index contributed by atoms with van der Waals surface area (Å²) in [6.07, 6.45) is -4.64. The first-order valence-electron chi connectivity index (χ1n) is 10.7. The number of rotatable bonds is 4. The van der Waals surface area contributed by atoms with Gasteiger partial charge in [-0.3, -0.25) is 0 Å². The quantitative estimate of drug-likeness (QED) is 0.453. The highest BCUT2D eigenvalue weighted by molar-refractivity contribution is 7.25. The minimum atomic E-state index is -4.64. The molecular formula is C23H19F3N6OS. The second-order valence-corrected chi connectivity index (χ2v) is 8.70. The van der Waals surface area contributed by atoms with E-state index in [1.807, 2.05) is 11.0 Å². The first-order chi connectivity index (χ1) is 16.4. The number of alkyl halides is 3. The van der Waals surface area contributed by atoms with Gasteiger partial charge in [-0.05, 0) is 25.1 Å². The number of anilines is 1. The minimum Gasteiger partial charge on any atom is -0.477 e. The predicted molar refractivity (Wildman–Crippen MR) is 124 cm³/mol. The Morgan fingerprint density at radius 1 is 1.18 bits per heavy atom. The number of benzene rings is 1. The second-order valence-electron chi connectivity index (χ2n) is 7.70. The van der Waals surface area contributed by atoms with Gasteiger partial charge in [0, 0.05) is 31.7 Å². The number of thiophene rings is 1. The third-order valence-corrected chi connectivity index (χ3v) is 6.58. The van der Waals surface area contributed by atoms with Crippen LogP contribution in [0.25, 0.3) is 31.7 Å². The lowest BCUT2D eigenvalue weighted by atomic mass is 10.0. The first-order valence-corrected chi connectivity index (χ1v) is 11.5. The molecule has 0 spiro atoms. The van der Waals surface area contributed by atoms with E-state index >= 15 is 0 Å². The van der Waals surface area contributed by atoms with Crippen LogP contribution in [0.1, 0.15) is 18.1 Å². The van der Waals surface area contributed by atoms with Crippen LogP contribution in [0.4, 0.5) is 19.1 Å². The molecule has 4 aromatic rings. The topological polar surface area (TPSA) is 87.0 Å². The summed E-state index contributed by atoms with van der Waals surface area (Å²) in [5, 5.41) is 12.4. The zero-order valence-corrected chi connectivity index (χ0v) is 18.9. The van der Waals surface area contributed by atoms with Crippen LogP contribution in [0.15, 0.2) is 30.3 Å². The lowest BCUT2D eigenvalue weighted by Gasteiger charge is -2.27. The van der Waals surface area contributed by atoms with Gasteiger partial charge in [-0.1, -0.05) is 12.1 Å². The summed E-state index contributed by atoms with van der Waals surface area (Å²) in [6, 6.07) is 9.41. The Labute approximate surface area is 196 Å². The molecule has 1 aromatic carbocycles. The van der Waals surface area contributed by atoms with Crippen molar-refractivity contribution in [2.24, 2.45) is 0 Å². The van der Waals surface area contributed by atoms with Gasteiger partial charge in [-0.15, -0.1) is 11.3 Å². The Bertz CT molecular complexity index is 1420. The van der Waals surface area contributed by atoms with Crippen molar-refractivity contribution in [3.05, 3.63) is 41.5 Å². The number of halogens is 3. The Morgan fingerprint density at radius 2 is 1.97 bits per heavy atom. The molecular weight excluding hydrogens is 465 g/mol. The summed E-state index contributed by atoms with van der Waals surface area (Å²) in [4.78, 5) is 15.8. The van der Waals surface area contributed by atoms with Crippen molar-refractivity contribution in [3.63, 3.8) is 0 Å². The van der Waals surface area contributed by atoms with Gasteiger partial charge >= 0.3 is 6.18 Å². The smallest absolute Gasteiger partial charge is 0.417 e. The average Bonchev–Trinajstić information content (AvgIpc) is 3.22. The number of hydrogen-bond donors (Lipinski definition) is 1. The highest BCUT2D eigenvalue weighted by Gasteiger charge is 2.36. The van der Waals surface area contributed by atoms with Gasteiger partial charge in [0.25, 0.3) is 0 Å². The van der Waals surface area contributed by atoms with E-state index in [1.165, 1.54) is 6.07 Å².